The molecule has 1 atom stereocenters. The van der Waals surface area contributed by atoms with E-state index in [1.54, 1.807) is 0 Å². The highest BCUT2D eigenvalue weighted by atomic mass is 16.1. The highest BCUT2D eigenvalue weighted by Gasteiger charge is 2.24. The molecule has 0 fully saturated rings. The van der Waals surface area contributed by atoms with Gasteiger partial charge in [-0.2, -0.15) is 0 Å². The molecule has 0 radical (unpaired) electrons. The zero-order valence-corrected chi connectivity index (χ0v) is 11.6. The first-order valence-corrected chi connectivity index (χ1v) is 7.08. The van der Waals surface area contributed by atoms with Crippen molar-refractivity contribution < 1.29 is 4.79 Å². The quantitative estimate of drug-likeness (QED) is 0.821. The summed E-state index contributed by atoms with van der Waals surface area (Å²) in [5.41, 5.74) is 7.82. The summed E-state index contributed by atoms with van der Waals surface area (Å²) in [7, 11) is 0. The molecule has 104 valence electrons. The summed E-state index contributed by atoms with van der Waals surface area (Å²) >= 11 is 0. The number of amides is 1. The molecular weight excluding hydrogens is 238 g/mol. The third kappa shape index (κ3) is 3.47. The minimum Gasteiger partial charge on any atom is -0.371 e. The predicted octanol–water partition coefficient (Wildman–Crippen LogP) is 1.81. The fourth-order valence-electron chi connectivity index (χ4n) is 2.64. The zero-order valence-electron chi connectivity index (χ0n) is 11.6. The molecule has 1 amide bonds. The largest absolute Gasteiger partial charge is 0.371 e. The number of benzene rings is 1. The third-order valence-electron chi connectivity index (χ3n) is 3.61. The molecule has 2 rings (SSSR count). The highest BCUT2D eigenvalue weighted by Crippen LogP contribution is 2.33. The molecule has 0 spiro atoms. The number of para-hydroxylation sites is 1. The lowest BCUT2D eigenvalue weighted by molar-refractivity contribution is -0.117. The molecule has 19 heavy (non-hydrogen) atoms. The lowest BCUT2D eigenvalue weighted by atomic mass is 9.96. The van der Waals surface area contributed by atoms with Crippen LogP contribution < -0.4 is 16.0 Å². The maximum atomic E-state index is 10.9. The predicted molar refractivity (Wildman–Crippen MR) is 78.1 cm³/mol. The van der Waals surface area contributed by atoms with Crippen molar-refractivity contribution in [2.45, 2.75) is 32.2 Å². The summed E-state index contributed by atoms with van der Waals surface area (Å²) in [6.07, 6.45) is 2.64. The number of hydrogen-bond donors (Lipinski definition) is 2. The molecule has 1 aliphatic heterocycles. The Morgan fingerprint density at radius 3 is 3.00 bits per heavy atom. The fourth-order valence-corrected chi connectivity index (χ4v) is 2.64. The van der Waals surface area contributed by atoms with E-state index in [4.69, 9.17) is 5.73 Å². The van der Waals surface area contributed by atoms with E-state index in [1.165, 1.54) is 11.3 Å². The number of carbonyl (C=O) groups excluding carboxylic acids is 1. The van der Waals surface area contributed by atoms with Crippen molar-refractivity contribution >= 4 is 11.6 Å². The summed E-state index contributed by atoms with van der Waals surface area (Å²) in [6, 6.07) is 8.88. The van der Waals surface area contributed by atoms with Crippen LogP contribution in [0.3, 0.4) is 0 Å². The smallest absolute Gasteiger partial charge is 0.219 e. The average Bonchev–Trinajstić information content (AvgIpc) is 2.43. The van der Waals surface area contributed by atoms with Gasteiger partial charge in [-0.15, -0.1) is 0 Å². The van der Waals surface area contributed by atoms with Gasteiger partial charge in [0.15, 0.2) is 0 Å². The van der Waals surface area contributed by atoms with E-state index in [-0.39, 0.29) is 5.91 Å². The van der Waals surface area contributed by atoms with E-state index < -0.39 is 0 Å². The summed E-state index contributed by atoms with van der Waals surface area (Å²) < 4.78 is 0. The summed E-state index contributed by atoms with van der Waals surface area (Å²) in [6.45, 7) is 4.92. The van der Waals surface area contributed by atoms with Crippen molar-refractivity contribution in [2.75, 3.05) is 24.5 Å². The number of primary amides is 1. The number of nitrogens with one attached hydrogen (secondary N) is 1. The van der Waals surface area contributed by atoms with Crippen LogP contribution in [0.1, 0.15) is 37.8 Å². The molecule has 1 unspecified atom stereocenters. The Morgan fingerprint density at radius 2 is 2.26 bits per heavy atom. The Bertz CT molecular complexity index is 433. The Hall–Kier alpha value is -1.55. The molecule has 0 saturated carbocycles. The van der Waals surface area contributed by atoms with E-state index in [1.807, 2.05) is 0 Å². The van der Waals surface area contributed by atoms with Crippen LogP contribution in [-0.2, 0) is 4.79 Å². The summed E-state index contributed by atoms with van der Waals surface area (Å²) in [5.74, 6) is -0.233. The van der Waals surface area contributed by atoms with Crippen LogP contribution in [0.4, 0.5) is 5.69 Å². The van der Waals surface area contributed by atoms with Gasteiger partial charge < -0.3 is 16.0 Å². The Balaban J connectivity index is 2.12. The Labute approximate surface area is 115 Å². The van der Waals surface area contributed by atoms with Gasteiger partial charge in [-0.3, -0.25) is 4.79 Å². The van der Waals surface area contributed by atoms with Gasteiger partial charge in [0.25, 0.3) is 0 Å². The minimum absolute atomic E-state index is 0.233. The monoisotopic (exact) mass is 261 g/mol. The molecule has 3 N–H and O–H groups in total. The number of carbonyl (C=O) groups is 1. The molecule has 1 aromatic carbocycles. The molecule has 4 heteroatoms. The Morgan fingerprint density at radius 1 is 1.47 bits per heavy atom. The molecule has 1 heterocycles. The second-order valence-corrected chi connectivity index (χ2v) is 5.06. The van der Waals surface area contributed by atoms with Crippen LogP contribution in [0, 0.1) is 0 Å². The topological polar surface area (TPSA) is 58.4 Å². The number of anilines is 1. The van der Waals surface area contributed by atoms with Gasteiger partial charge in [-0.25, -0.2) is 0 Å². The van der Waals surface area contributed by atoms with Gasteiger partial charge in [0.2, 0.25) is 5.91 Å². The molecule has 1 aromatic rings. The van der Waals surface area contributed by atoms with Crippen molar-refractivity contribution in [1.82, 2.24) is 5.32 Å². The lowest BCUT2D eigenvalue weighted by Gasteiger charge is -2.36. The molecule has 1 aliphatic rings. The van der Waals surface area contributed by atoms with Crippen LogP contribution in [0.2, 0.25) is 0 Å². The van der Waals surface area contributed by atoms with Crippen LogP contribution in [0.25, 0.3) is 0 Å². The van der Waals surface area contributed by atoms with Crippen LogP contribution >= 0.6 is 0 Å². The van der Waals surface area contributed by atoms with Gasteiger partial charge in [0.05, 0.1) is 0 Å². The molecule has 0 aromatic heterocycles. The number of fused-ring (bicyclic) bond motifs is 1. The molecule has 0 bridgehead atoms. The standard InChI is InChI=1S/C15H23N3O/c1-2-9-17-13-7-10-18(11-8-15(16)19)14-6-4-3-5-12(13)14/h3-6,13,17H,2,7-11H2,1H3,(H2,16,19). The average molecular weight is 261 g/mol. The lowest BCUT2D eigenvalue weighted by Crippen LogP contribution is -2.37. The van der Waals surface area contributed by atoms with Crippen molar-refractivity contribution in [3.63, 3.8) is 0 Å². The van der Waals surface area contributed by atoms with Crippen LogP contribution in [-0.4, -0.2) is 25.5 Å². The third-order valence-corrected chi connectivity index (χ3v) is 3.61. The number of hydrogen-bond acceptors (Lipinski definition) is 3. The van der Waals surface area contributed by atoms with E-state index in [2.05, 4.69) is 41.4 Å². The first kappa shape index (κ1) is 13.9. The van der Waals surface area contributed by atoms with E-state index in [0.717, 1.165) is 25.9 Å². The summed E-state index contributed by atoms with van der Waals surface area (Å²) in [5, 5.41) is 3.59. The van der Waals surface area contributed by atoms with Crippen LogP contribution in [0.15, 0.2) is 24.3 Å². The first-order chi connectivity index (χ1) is 9.22. The van der Waals surface area contributed by atoms with E-state index in [0.29, 0.717) is 19.0 Å². The van der Waals surface area contributed by atoms with Gasteiger partial charge >= 0.3 is 0 Å². The highest BCUT2D eigenvalue weighted by molar-refractivity contribution is 5.74. The van der Waals surface area contributed by atoms with E-state index in [9.17, 15) is 4.79 Å². The Kier molecular flexibility index (Phi) is 4.80. The van der Waals surface area contributed by atoms with Crippen molar-refractivity contribution in [2.24, 2.45) is 5.73 Å². The van der Waals surface area contributed by atoms with Gasteiger partial charge in [-0.05, 0) is 31.0 Å². The fraction of sp³-hybridized carbons (Fsp3) is 0.533. The van der Waals surface area contributed by atoms with E-state index >= 15 is 0 Å². The molecule has 0 saturated heterocycles. The van der Waals surface area contributed by atoms with Gasteiger partial charge in [0, 0.05) is 31.2 Å². The minimum atomic E-state index is -0.233. The zero-order chi connectivity index (χ0) is 13.7. The number of nitrogens with two attached hydrogens (primary N) is 1. The SMILES string of the molecule is CCCNC1CCN(CCC(N)=O)c2ccccc21. The first-order valence-electron chi connectivity index (χ1n) is 7.08. The van der Waals surface area contributed by atoms with Crippen molar-refractivity contribution in [1.29, 1.82) is 0 Å². The summed E-state index contributed by atoms with van der Waals surface area (Å²) in [4.78, 5) is 13.2. The second-order valence-electron chi connectivity index (χ2n) is 5.06. The van der Waals surface area contributed by atoms with Crippen LogP contribution in [0.5, 0.6) is 0 Å². The van der Waals surface area contributed by atoms with Crippen molar-refractivity contribution in [3.8, 4) is 0 Å². The number of rotatable bonds is 6. The maximum absolute atomic E-state index is 10.9. The molecule has 0 aliphatic carbocycles. The molecular formula is C15H23N3O. The van der Waals surface area contributed by atoms with Gasteiger partial charge in [-0.1, -0.05) is 25.1 Å². The van der Waals surface area contributed by atoms with Gasteiger partial charge in [0.1, 0.15) is 0 Å². The maximum Gasteiger partial charge on any atom is 0.219 e. The number of nitrogens with zero attached hydrogens (tertiary/aromatic N) is 1. The molecule has 4 nitrogen and oxygen atoms in total. The normalized spacial score (nSPS) is 18.2. The second kappa shape index (κ2) is 6.57. The van der Waals surface area contributed by atoms with Crippen molar-refractivity contribution in [3.05, 3.63) is 29.8 Å².